The van der Waals surface area contributed by atoms with Crippen LogP contribution in [0.3, 0.4) is 0 Å². The quantitative estimate of drug-likeness (QED) is 0.354. The molecule has 34 heavy (non-hydrogen) atoms. The van der Waals surface area contributed by atoms with Gasteiger partial charge in [-0.15, -0.1) is 0 Å². The Bertz CT molecular complexity index is 1230. The van der Waals surface area contributed by atoms with E-state index in [1.54, 1.807) is 54.6 Å². The Hall–Kier alpha value is -3.26. The van der Waals surface area contributed by atoms with Gasteiger partial charge in [0.2, 0.25) is 5.91 Å². The van der Waals surface area contributed by atoms with E-state index in [9.17, 15) is 9.59 Å². The summed E-state index contributed by atoms with van der Waals surface area (Å²) in [4.78, 5) is 26.9. The fourth-order valence-electron chi connectivity index (χ4n) is 3.59. The number of morpholine rings is 1. The lowest BCUT2D eigenvalue weighted by molar-refractivity contribution is -0.111. The monoisotopic (exact) mass is 500 g/mol. The number of carbonyl (C=O) groups excluding carboxylic acids is 2. The van der Waals surface area contributed by atoms with Crippen LogP contribution in [0.5, 0.6) is 0 Å². The van der Waals surface area contributed by atoms with E-state index in [4.69, 9.17) is 37.1 Å². The van der Waals surface area contributed by atoms with Crippen molar-refractivity contribution in [2.45, 2.75) is 0 Å². The van der Waals surface area contributed by atoms with Gasteiger partial charge in [-0.25, -0.2) is 4.79 Å². The molecular weight excluding hydrogens is 479 g/mol. The maximum Gasteiger partial charge on any atom is 0.340 e. The highest BCUT2D eigenvalue weighted by molar-refractivity contribution is 6.43. The third-order valence-corrected chi connectivity index (χ3v) is 6.08. The number of nitrogens with zero attached hydrogens (tertiary/aromatic N) is 1. The van der Waals surface area contributed by atoms with Gasteiger partial charge >= 0.3 is 5.97 Å². The van der Waals surface area contributed by atoms with Crippen molar-refractivity contribution in [2.24, 2.45) is 0 Å². The lowest BCUT2D eigenvalue weighted by Gasteiger charge is -2.30. The normalized spacial score (nSPS) is 13.8. The van der Waals surface area contributed by atoms with E-state index in [0.717, 1.165) is 5.69 Å². The summed E-state index contributed by atoms with van der Waals surface area (Å²) in [6.07, 6.45) is 2.89. The van der Waals surface area contributed by atoms with Gasteiger partial charge in [-0.05, 0) is 48.5 Å². The number of esters is 1. The van der Waals surface area contributed by atoms with Crippen LogP contribution in [0.15, 0.2) is 59.0 Å². The molecule has 3 aromatic rings. The van der Waals surface area contributed by atoms with Crippen LogP contribution in [0, 0.1) is 0 Å². The Kier molecular flexibility index (Phi) is 7.57. The molecule has 176 valence electrons. The van der Waals surface area contributed by atoms with Crippen molar-refractivity contribution in [3.05, 3.63) is 76.0 Å². The second-order valence-corrected chi connectivity index (χ2v) is 8.23. The molecule has 0 aliphatic carbocycles. The minimum Gasteiger partial charge on any atom is -0.465 e. The summed E-state index contributed by atoms with van der Waals surface area (Å²) >= 11 is 12.3. The molecule has 1 aliphatic rings. The zero-order valence-electron chi connectivity index (χ0n) is 18.3. The molecule has 0 spiro atoms. The largest absolute Gasteiger partial charge is 0.465 e. The molecule has 2 heterocycles. The molecule has 1 saturated heterocycles. The number of nitrogens with one attached hydrogen (secondary N) is 1. The first-order chi connectivity index (χ1) is 16.5. The third kappa shape index (κ3) is 5.44. The predicted octanol–water partition coefficient (Wildman–Crippen LogP) is 5.53. The number of anilines is 2. The Morgan fingerprint density at radius 1 is 1.09 bits per heavy atom. The van der Waals surface area contributed by atoms with E-state index in [1.807, 2.05) is 0 Å². The first-order valence-corrected chi connectivity index (χ1v) is 11.3. The average Bonchev–Trinajstić information content (AvgIpc) is 3.33. The third-order valence-electron chi connectivity index (χ3n) is 5.26. The van der Waals surface area contributed by atoms with Crippen molar-refractivity contribution < 1.29 is 23.5 Å². The van der Waals surface area contributed by atoms with Crippen LogP contribution in [-0.4, -0.2) is 45.3 Å². The highest BCUT2D eigenvalue weighted by Gasteiger charge is 2.20. The Balaban J connectivity index is 1.47. The summed E-state index contributed by atoms with van der Waals surface area (Å²) in [7, 11) is 1.33. The maximum atomic E-state index is 12.5. The van der Waals surface area contributed by atoms with E-state index in [0.29, 0.717) is 64.7 Å². The molecule has 1 aromatic heterocycles. The fraction of sp³-hybridized carbons (Fsp3) is 0.200. The van der Waals surface area contributed by atoms with Crippen molar-refractivity contribution in [2.75, 3.05) is 43.6 Å². The van der Waals surface area contributed by atoms with E-state index in [1.165, 1.54) is 13.2 Å². The number of furan rings is 1. The summed E-state index contributed by atoms with van der Waals surface area (Å²) in [6, 6.07) is 13.9. The summed E-state index contributed by atoms with van der Waals surface area (Å²) in [5.41, 5.74) is 2.25. The Morgan fingerprint density at radius 2 is 1.88 bits per heavy atom. The van der Waals surface area contributed by atoms with E-state index >= 15 is 0 Å². The average molecular weight is 501 g/mol. The Morgan fingerprint density at radius 3 is 2.65 bits per heavy atom. The minimum absolute atomic E-state index is 0.375. The number of hydrogen-bond acceptors (Lipinski definition) is 6. The molecule has 1 amide bonds. The number of benzene rings is 2. The molecule has 4 rings (SSSR count). The molecule has 0 unspecified atom stereocenters. The molecule has 9 heteroatoms. The lowest BCUT2D eigenvalue weighted by Crippen LogP contribution is -2.37. The zero-order chi connectivity index (χ0) is 24.1. The van der Waals surface area contributed by atoms with Gasteiger partial charge in [0, 0.05) is 30.4 Å². The first-order valence-electron chi connectivity index (χ1n) is 10.5. The van der Waals surface area contributed by atoms with Crippen molar-refractivity contribution in [3.63, 3.8) is 0 Å². The lowest BCUT2D eigenvalue weighted by atomic mass is 10.1. The van der Waals surface area contributed by atoms with Gasteiger partial charge in [0.05, 0.1) is 41.6 Å². The SMILES string of the molecule is COC(=O)c1cc(NC(=O)C=Cc2ccc(-c3cccc(Cl)c3Cl)o2)ccc1N1CCOCC1. The maximum absolute atomic E-state index is 12.5. The van der Waals surface area contributed by atoms with Gasteiger partial charge in [0.1, 0.15) is 11.5 Å². The van der Waals surface area contributed by atoms with Gasteiger partial charge in [0.15, 0.2) is 0 Å². The summed E-state index contributed by atoms with van der Waals surface area (Å²) in [5, 5.41) is 3.59. The van der Waals surface area contributed by atoms with Crippen molar-refractivity contribution >= 4 is 52.5 Å². The smallest absolute Gasteiger partial charge is 0.340 e. The number of halogens is 2. The van der Waals surface area contributed by atoms with Crippen molar-refractivity contribution in [3.8, 4) is 11.3 Å². The number of hydrogen-bond donors (Lipinski definition) is 1. The van der Waals surface area contributed by atoms with Crippen LogP contribution in [0.25, 0.3) is 17.4 Å². The van der Waals surface area contributed by atoms with Crippen molar-refractivity contribution in [1.29, 1.82) is 0 Å². The van der Waals surface area contributed by atoms with Gasteiger partial charge in [-0.3, -0.25) is 4.79 Å². The van der Waals surface area contributed by atoms with Crippen LogP contribution < -0.4 is 10.2 Å². The second kappa shape index (κ2) is 10.8. The molecule has 2 aromatic carbocycles. The molecule has 1 fully saturated rings. The summed E-state index contributed by atoms with van der Waals surface area (Å²) < 4.78 is 16.1. The topological polar surface area (TPSA) is 81.0 Å². The van der Waals surface area contributed by atoms with Crippen LogP contribution in [0.4, 0.5) is 11.4 Å². The first kappa shape index (κ1) is 23.9. The Labute approximate surface area is 206 Å². The number of rotatable bonds is 6. The molecular formula is C25H22Cl2N2O5. The van der Waals surface area contributed by atoms with E-state index in [-0.39, 0.29) is 5.91 Å². The van der Waals surface area contributed by atoms with Crippen LogP contribution in [-0.2, 0) is 14.3 Å². The molecule has 1 aliphatic heterocycles. The number of carbonyl (C=O) groups is 2. The summed E-state index contributed by atoms with van der Waals surface area (Å²) in [6.45, 7) is 2.51. The molecule has 0 bridgehead atoms. The van der Waals surface area contributed by atoms with Crippen molar-refractivity contribution in [1.82, 2.24) is 0 Å². The van der Waals surface area contributed by atoms with Gasteiger partial charge < -0.3 is 24.1 Å². The second-order valence-electron chi connectivity index (χ2n) is 7.45. The van der Waals surface area contributed by atoms with E-state index < -0.39 is 5.97 Å². The number of ether oxygens (including phenoxy) is 2. The molecule has 7 nitrogen and oxygen atoms in total. The molecule has 0 saturated carbocycles. The van der Waals surface area contributed by atoms with Crippen LogP contribution in [0.2, 0.25) is 10.0 Å². The number of amides is 1. The van der Waals surface area contributed by atoms with E-state index in [2.05, 4.69) is 10.2 Å². The summed E-state index contributed by atoms with van der Waals surface area (Å²) in [5.74, 6) is 0.151. The van der Waals surface area contributed by atoms with Gasteiger partial charge in [-0.2, -0.15) is 0 Å². The predicted molar refractivity (Wildman–Crippen MR) is 133 cm³/mol. The standard InChI is InChI=1S/C25H22Cl2N2O5/c1-32-25(31)19-15-16(5-8-21(19)29-11-13-33-14-12-29)28-23(30)10-7-17-6-9-22(34-17)18-3-2-4-20(26)24(18)27/h2-10,15H,11-14H2,1H3,(H,28,30). The number of methoxy groups -OCH3 is 1. The molecule has 1 N–H and O–H groups in total. The van der Waals surface area contributed by atoms with Crippen LogP contribution >= 0.6 is 23.2 Å². The van der Waals surface area contributed by atoms with Gasteiger partial charge in [-0.1, -0.05) is 29.3 Å². The van der Waals surface area contributed by atoms with Gasteiger partial charge in [0.25, 0.3) is 0 Å². The fourth-order valence-corrected chi connectivity index (χ4v) is 3.98. The zero-order valence-corrected chi connectivity index (χ0v) is 19.9. The highest BCUT2D eigenvalue weighted by Crippen LogP contribution is 2.34. The highest BCUT2D eigenvalue weighted by atomic mass is 35.5. The minimum atomic E-state index is -0.476. The molecule has 0 atom stereocenters. The van der Waals surface area contributed by atoms with Crippen LogP contribution in [0.1, 0.15) is 16.1 Å². The molecule has 0 radical (unpaired) electrons.